The summed E-state index contributed by atoms with van der Waals surface area (Å²) in [6.07, 6.45) is 18.6. The third-order valence-corrected chi connectivity index (χ3v) is 7.58. The highest BCUT2D eigenvalue weighted by Crippen LogP contribution is 2.30. The molecule has 2 heterocycles. The fraction of sp³-hybridized carbons (Fsp3) is 0.808. The van der Waals surface area contributed by atoms with Crippen LogP contribution in [0.3, 0.4) is 0 Å². The second-order valence-corrected chi connectivity index (χ2v) is 10.7. The summed E-state index contributed by atoms with van der Waals surface area (Å²) < 4.78 is 21.5. The molecule has 0 saturated heterocycles. The second kappa shape index (κ2) is 14.1. The molecule has 0 radical (unpaired) electrons. The molecular formula is C26H44N3O3S+. The van der Waals surface area contributed by atoms with Crippen molar-refractivity contribution in [3.05, 3.63) is 11.8 Å². The minimum Gasteiger partial charge on any atom is -0.475 e. The van der Waals surface area contributed by atoms with Crippen LogP contribution in [0.15, 0.2) is 6.08 Å². The van der Waals surface area contributed by atoms with Crippen LogP contribution >= 0.6 is 11.7 Å². The monoisotopic (exact) mass is 478 g/mol. The Hall–Kier alpha value is -1.47. The number of aromatic nitrogens is 2. The van der Waals surface area contributed by atoms with Crippen molar-refractivity contribution >= 4 is 23.3 Å². The van der Waals surface area contributed by atoms with Gasteiger partial charge in [-0.05, 0) is 19.3 Å². The van der Waals surface area contributed by atoms with Crippen molar-refractivity contribution in [3.8, 4) is 5.88 Å². The summed E-state index contributed by atoms with van der Waals surface area (Å²) in [5, 5.41) is 0. The molecule has 1 unspecified atom stereocenters. The summed E-state index contributed by atoms with van der Waals surface area (Å²) in [6.45, 7) is 5.08. The highest BCUT2D eigenvalue weighted by atomic mass is 32.1. The summed E-state index contributed by atoms with van der Waals surface area (Å²) in [5.41, 5.74) is 2.04. The molecule has 1 aliphatic heterocycles. The van der Waals surface area contributed by atoms with Crippen molar-refractivity contribution in [2.45, 2.75) is 96.8 Å². The van der Waals surface area contributed by atoms with Crippen LogP contribution < -0.4 is 4.74 Å². The first-order valence-electron chi connectivity index (χ1n) is 13.3. The number of nitrogens with zero attached hydrogens (tertiary/aromatic N) is 3. The van der Waals surface area contributed by atoms with Crippen LogP contribution in [-0.2, 0) is 9.53 Å². The minimum absolute atomic E-state index is 0.0115. The average molecular weight is 479 g/mol. The Morgan fingerprint density at radius 2 is 1.79 bits per heavy atom. The zero-order valence-electron chi connectivity index (χ0n) is 20.9. The number of hydrogen-bond donors (Lipinski definition) is 0. The van der Waals surface area contributed by atoms with Crippen molar-refractivity contribution in [3.63, 3.8) is 0 Å². The molecule has 1 aliphatic carbocycles. The lowest BCUT2D eigenvalue weighted by molar-refractivity contribution is -0.919. The van der Waals surface area contributed by atoms with E-state index in [0.717, 1.165) is 62.9 Å². The number of carbonyl (C=O) groups excluding carboxylic acids is 1. The minimum atomic E-state index is 0.0115. The normalized spacial score (nSPS) is 23.0. The Morgan fingerprint density at radius 3 is 2.52 bits per heavy atom. The van der Waals surface area contributed by atoms with E-state index in [1.165, 1.54) is 63.1 Å². The Labute approximate surface area is 204 Å². The zero-order chi connectivity index (χ0) is 23.4. The SMILES string of the molecule is CCCCCCOc1nsnc1C1=CCC[N+](C)(COC(=O)C2CCCCCCCCC2)C1. The number of carbonyl (C=O) groups is 1. The van der Waals surface area contributed by atoms with Gasteiger partial charge in [0.1, 0.15) is 12.2 Å². The Kier molecular flexibility index (Phi) is 11.1. The van der Waals surface area contributed by atoms with E-state index >= 15 is 0 Å². The number of esters is 1. The van der Waals surface area contributed by atoms with Gasteiger partial charge in [-0.2, -0.15) is 4.37 Å². The topological polar surface area (TPSA) is 61.3 Å². The predicted octanol–water partition coefficient (Wildman–Crippen LogP) is 6.37. The molecular weight excluding hydrogens is 434 g/mol. The van der Waals surface area contributed by atoms with E-state index in [4.69, 9.17) is 9.47 Å². The smallest absolute Gasteiger partial charge is 0.313 e. The van der Waals surface area contributed by atoms with Crippen molar-refractivity contribution in [2.75, 3.05) is 33.5 Å². The van der Waals surface area contributed by atoms with Crippen LogP contribution in [0.4, 0.5) is 0 Å². The maximum atomic E-state index is 12.9. The molecule has 0 amide bonds. The number of likely N-dealkylation sites (N-methyl/N-ethyl adjacent to an activating group) is 1. The van der Waals surface area contributed by atoms with Crippen molar-refractivity contribution in [1.29, 1.82) is 0 Å². The summed E-state index contributed by atoms with van der Waals surface area (Å²) in [4.78, 5) is 12.9. The van der Waals surface area contributed by atoms with Gasteiger partial charge < -0.3 is 9.47 Å². The van der Waals surface area contributed by atoms with Gasteiger partial charge in [0.25, 0.3) is 5.88 Å². The number of ether oxygens (including phenoxy) is 2. The first-order chi connectivity index (χ1) is 16.1. The Balaban J connectivity index is 1.51. The maximum Gasteiger partial charge on any atom is 0.313 e. The molecule has 0 aromatic carbocycles. The first kappa shape index (κ1) is 26.1. The van der Waals surface area contributed by atoms with Gasteiger partial charge in [0, 0.05) is 12.0 Å². The maximum absolute atomic E-state index is 12.9. The standard InChI is InChI=1S/C26H44N3O3S/c1-3-4-5-13-19-31-25-24(27-33-28-25)23-17-14-18-29(2,20-23)21-32-26(30)22-15-11-9-7-6-8-10-12-16-22/h17,22H,3-16,18-21H2,1-2H3/q+1. The number of quaternary nitrogens is 1. The van der Waals surface area contributed by atoms with E-state index in [2.05, 4.69) is 28.8 Å². The molecule has 1 atom stereocenters. The molecule has 7 heteroatoms. The number of rotatable bonds is 10. The predicted molar refractivity (Wildman–Crippen MR) is 134 cm³/mol. The molecule has 3 rings (SSSR count). The lowest BCUT2D eigenvalue weighted by atomic mass is 9.92. The van der Waals surface area contributed by atoms with Crippen molar-refractivity contribution in [1.82, 2.24) is 8.75 Å². The molecule has 1 fully saturated rings. The molecule has 0 spiro atoms. The Morgan fingerprint density at radius 1 is 1.06 bits per heavy atom. The van der Waals surface area contributed by atoms with E-state index in [1.54, 1.807) is 0 Å². The van der Waals surface area contributed by atoms with E-state index in [0.29, 0.717) is 23.7 Å². The molecule has 1 aromatic heterocycles. The average Bonchev–Trinajstić information content (AvgIpc) is 3.29. The van der Waals surface area contributed by atoms with Crippen LogP contribution in [0.25, 0.3) is 5.57 Å². The van der Waals surface area contributed by atoms with Crippen molar-refractivity contribution in [2.24, 2.45) is 5.92 Å². The number of unbranched alkanes of at least 4 members (excludes halogenated alkanes) is 3. The van der Waals surface area contributed by atoms with E-state index in [-0.39, 0.29) is 11.9 Å². The van der Waals surface area contributed by atoms with Crippen LogP contribution in [0.5, 0.6) is 5.88 Å². The van der Waals surface area contributed by atoms with Gasteiger partial charge in [-0.25, -0.2) is 0 Å². The van der Waals surface area contributed by atoms with E-state index < -0.39 is 0 Å². The molecule has 186 valence electrons. The third-order valence-electron chi connectivity index (χ3n) is 7.07. The molecule has 33 heavy (non-hydrogen) atoms. The van der Waals surface area contributed by atoms with Gasteiger partial charge in [0.2, 0.25) is 6.73 Å². The van der Waals surface area contributed by atoms with E-state index in [9.17, 15) is 4.79 Å². The molecule has 0 bridgehead atoms. The fourth-order valence-electron chi connectivity index (χ4n) is 4.94. The van der Waals surface area contributed by atoms with Gasteiger partial charge in [-0.1, -0.05) is 77.2 Å². The zero-order valence-corrected chi connectivity index (χ0v) is 21.7. The van der Waals surface area contributed by atoms with Crippen molar-refractivity contribution < 1.29 is 18.8 Å². The fourth-order valence-corrected chi connectivity index (χ4v) is 5.47. The lowest BCUT2D eigenvalue weighted by Gasteiger charge is -2.36. The highest BCUT2D eigenvalue weighted by Gasteiger charge is 2.32. The molecule has 2 aliphatic rings. The highest BCUT2D eigenvalue weighted by molar-refractivity contribution is 6.99. The quantitative estimate of drug-likeness (QED) is 0.222. The van der Waals surface area contributed by atoms with Crippen LogP contribution in [0, 0.1) is 5.92 Å². The van der Waals surface area contributed by atoms with Gasteiger partial charge in [-0.3, -0.25) is 9.28 Å². The molecule has 0 N–H and O–H groups in total. The first-order valence-corrected chi connectivity index (χ1v) is 14.0. The van der Waals surface area contributed by atoms with Gasteiger partial charge in [-0.15, -0.1) is 4.37 Å². The van der Waals surface area contributed by atoms with E-state index in [1.807, 2.05) is 0 Å². The Bertz CT molecular complexity index is 741. The largest absolute Gasteiger partial charge is 0.475 e. The second-order valence-electron chi connectivity index (χ2n) is 10.2. The van der Waals surface area contributed by atoms with Crippen LogP contribution in [0.2, 0.25) is 0 Å². The van der Waals surface area contributed by atoms with Gasteiger partial charge >= 0.3 is 5.97 Å². The molecule has 1 saturated carbocycles. The summed E-state index contributed by atoms with van der Waals surface area (Å²) >= 11 is 1.21. The van der Waals surface area contributed by atoms with Gasteiger partial charge in [0.15, 0.2) is 0 Å². The summed E-state index contributed by atoms with van der Waals surface area (Å²) in [7, 11) is 2.18. The molecule has 1 aromatic rings. The van der Waals surface area contributed by atoms with Crippen LogP contribution in [-0.4, -0.2) is 52.7 Å². The van der Waals surface area contributed by atoms with Crippen LogP contribution in [0.1, 0.15) is 103 Å². The molecule has 6 nitrogen and oxygen atoms in total. The summed E-state index contributed by atoms with van der Waals surface area (Å²) in [6, 6.07) is 0. The lowest BCUT2D eigenvalue weighted by Crippen LogP contribution is -2.49. The summed E-state index contributed by atoms with van der Waals surface area (Å²) in [5.74, 6) is 0.747. The number of hydrogen-bond acceptors (Lipinski definition) is 6. The van der Waals surface area contributed by atoms with Gasteiger partial charge in [0.05, 0.1) is 37.8 Å². The third kappa shape index (κ3) is 8.67.